The molecule has 0 unspecified atom stereocenters. The van der Waals surface area contributed by atoms with Gasteiger partial charge < -0.3 is 9.84 Å². The maximum Gasteiger partial charge on any atom is 0.358 e. The zero-order chi connectivity index (χ0) is 14.5. The van der Waals surface area contributed by atoms with Crippen molar-refractivity contribution in [3.05, 3.63) is 41.2 Å². The van der Waals surface area contributed by atoms with Crippen LogP contribution in [0.3, 0.4) is 0 Å². The molecule has 6 heteroatoms. The zero-order valence-corrected chi connectivity index (χ0v) is 11.5. The number of benzene rings is 1. The van der Waals surface area contributed by atoms with E-state index >= 15 is 0 Å². The lowest BCUT2D eigenvalue weighted by molar-refractivity contribution is 0.0687. The number of ether oxygens (including phenoxy) is 1. The molecule has 0 aliphatic carbocycles. The summed E-state index contributed by atoms with van der Waals surface area (Å²) in [4.78, 5) is 11.1. The summed E-state index contributed by atoms with van der Waals surface area (Å²) in [5, 5.41) is 16.5. The Bertz CT molecular complexity index is 590. The summed E-state index contributed by atoms with van der Waals surface area (Å²) < 4.78 is 7.15. The van der Waals surface area contributed by atoms with Gasteiger partial charge >= 0.3 is 5.97 Å². The van der Waals surface area contributed by atoms with Crippen molar-refractivity contribution in [1.29, 1.82) is 0 Å². The van der Waals surface area contributed by atoms with Crippen molar-refractivity contribution in [1.82, 2.24) is 15.0 Å². The lowest BCUT2D eigenvalue weighted by Crippen LogP contribution is -2.10. The van der Waals surface area contributed by atoms with E-state index in [1.165, 1.54) is 10.2 Å². The molecule has 0 saturated heterocycles. The molecule has 1 aromatic heterocycles. The largest absolute Gasteiger partial charge is 0.487 e. The highest BCUT2D eigenvalue weighted by Gasteiger charge is 2.18. The topological polar surface area (TPSA) is 77.2 Å². The van der Waals surface area contributed by atoms with E-state index in [1.807, 2.05) is 31.2 Å². The molecule has 6 nitrogen and oxygen atoms in total. The first kappa shape index (κ1) is 14.0. The maximum absolute atomic E-state index is 11.1. The Morgan fingerprint density at radius 3 is 2.55 bits per heavy atom. The van der Waals surface area contributed by atoms with E-state index in [2.05, 4.69) is 17.2 Å². The van der Waals surface area contributed by atoms with E-state index in [1.54, 1.807) is 0 Å². The first-order chi connectivity index (χ1) is 9.65. The zero-order valence-electron chi connectivity index (χ0n) is 11.5. The second-order valence-electron chi connectivity index (χ2n) is 4.29. The number of aryl methyl sites for hydroxylation is 2. The third kappa shape index (κ3) is 2.96. The first-order valence-electron chi connectivity index (χ1n) is 6.53. The van der Waals surface area contributed by atoms with Gasteiger partial charge in [0.2, 0.25) is 0 Å². The minimum Gasteiger partial charge on any atom is -0.487 e. The predicted molar refractivity (Wildman–Crippen MR) is 72.8 cm³/mol. The Morgan fingerprint density at radius 2 is 2.00 bits per heavy atom. The molecule has 0 bridgehead atoms. The van der Waals surface area contributed by atoms with Crippen molar-refractivity contribution >= 4 is 5.97 Å². The number of aromatic carboxylic acids is 1. The van der Waals surface area contributed by atoms with Crippen molar-refractivity contribution in [3.8, 4) is 5.75 Å². The summed E-state index contributed by atoms with van der Waals surface area (Å²) in [6.45, 7) is 4.64. The first-order valence-corrected chi connectivity index (χ1v) is 6.53. The molecular weight excluding hydrogens is 258 g/mol. The van der Waals surface area contributed by atoms with E-state index in [0.717, 1.165) is 6.42 Å². The summed E-state index contributed by atoms with van der Waals surface area (Å²) >= 11 is 0. The van der Waals surface area contributed by atoms with Gasteiger partial charge in [-0.05, 0) is 31.0 Å². The molecule has 0 atom stereocenters. The molecule has 0 amide bonds. The molecule has 0 saturated carbocycles. The second-order valence-corrected chi connectivity index (χ2v) is 4.29. The number of carboxylic acid groups (broad SMARTS) is 1. The van der Waals surface area contributed by atoms with Crippen LogP contribution in [0, 0.1) is 0 Å². The van der Waals surface area contributed by atoms with Crippen LogP contribution in [-0.2, 0) is 19.6 Å². The van der Waals surface area contributed by atoms with Gasteiger partial charge in [0.15, 0.2) is 5.69 Å². The molecule has 2 aromatic rings. The molecule has 20 heavy (non-hydrogen) atoms. The summed E-state index contributed by atoms with van der Waals surface area (Å²) in [6.07, 6.45) is 0.968. The lowest BCUT2D eigenvalue weighted by atomic mass is 10.2. The Labute approximate surface area is 117 Å². The van der Waals surface area contributed by atoms with Crippen molar-refractivity contribution in [3.63, 3.8) is 0 Å². The highest BCUT2D eigenvalue weighted by Crippen LogP contribution is 2.15. The number of rotatable bonds is 6. The molecule has 1 N–H and O–H groups in total. The van der Waals surface area contributed by atoms with Gasteiger partial charge in [0.25, 0.3) is 0 Å². The van der Waals surface area contributed by atoms with Gasteiger partial charge in [-0.3, -0.25) is 0 Å². The van der Waals surface area contributed by atoms with E-state index < -0.39 is 5.97 Å². The van der Waals surface area contributed by atoms with Crippen LogP contribution in [0.15, 0.2) is 24.3 Å². The molecule has 106 valence electrons. The molecule has 0 aliphatic rings. The quantitative estimate of drug-likeness (QED) is 0.874. The molecule has 0 aliphatic heterocycles. The average molecular weight is 275 g/mol. The molecule has 0 fully saturated rings. The summed E-state index contributed by atoms with van der Waals surface area (Å²) in [5.74, 6) is -0.396. The van der Waals surface area contributed by atoms with Crippen LogP contribution in [0.1, 0.15) is 35.6 Å². The van der Waals surface area contributed by atoms with Gasteiger partial charge in [-0.25, -0.2) is 9.48 Å². The van der Waals surface area contributed by atoms with Crippen LogP contribution in [-0.4, -0.2) is 26.1 Å². The maximum atomic E-state index is 11.1. The summed E-state index contributed by atoms with van der Waals surface area (Å²) in [5.41, 5.74) is 1.64. The molecule has 2 rings (SSSR count). The Balaban J connectivity index is 2.13. The summed E-state index contributed by atoms with van der Waals surface area (Å²) in [6, 6.07) is 7.73. The SMILES string of the molecule is CCc1ccc(OCc2c(C(=O)O)nnn2CC)cc1. The molecule has 1 heterocycles. The van der Waals surface area contributed by atoms with Gasteiger partial charge in [-0.15, -0.1) is 5.10 Å². The number of carbonyl (C=O) groups is 1. The number of hydrogen-bond donors (Lipinski definition) is 1. The van der Waals surface area contributed by atoms with Crippen molar-refractivity contribution in [2.24, 2.45) is 0 Å². The fourth-order valence-electron chi connectivity index (χ4n) is 1.87. The van der Waals surface area contributed by atoms with E-state index in [-0.39, 0.29) is 12.3 Å². The minimum absolute atomic E-state index is 0.0583. The molecule has 1 aromatic carbocycles. The Morgan fingerprint density at radius 1 is 1.30 bits per heavy atom. The lowest BCUT2D eigenvalue weighted by Gasteiger charge is -2.08. The highest BCUT2D eigenvalue weighted by molar-refractivity contribution is 5.86. The smallest absolute Gasteiger partial charge is 0.358 e. The van der Waals surface area contributed by atoms with Gasteiger partial charge in [-0.2, -0.15) is 0 Å². The average Bonchev–Trinajstić information content (AvgIpc) is 2.88. The predicted octanol–water partition coefficient (Wildman–Crippen LogP) is 2.14. The third-order valence-corrected chi connectivity index (χ3v) is 3.05. The van der Waals surface area contributed by atoms with Crippen molar-refractivity contribution in [2.75, 3.05) is 0 Å². The van der Waals surface area contributed by atoms with Gasteiger partial charge in [0.05, 0.1) is 0 Å². The number of hydrogen-bond acceptors (Lipinski definition) is 4. The van der Waals surface area contributed by atoms with Crippen LogP contribution >= 0.6 is 0 Å². The van der Waals surface area contributed by atoms with Crippen molar-refractivity contribution < 1.29 is 14.6 Å². The number of aromatic nitrogens is 3. The fraction of sp³-hybridized carbons (Fsp3) is 0.357. The molecule has 0 radical (unpaired) electrons. The van der Waals surface area contributed by atoms with Crippen molar-refractivity contribution in [2.45, 2.75) is 33.4 Å². The monoisotopic (exact) mass is 275 g/mol. The summed E-state index contributed by atoms with van der Waals surface area (Å²) in [7, 11) is 0. The molecular formula is C14H17N3O3. The third-order valence-electron chi connectivity index (χ3n) is 3.05. The van der Waals surface area contributed by atoms with E-state index in [9.17, 15) is 4.79 Å². The van der Waals surface area contributed by atoms with E-state index in [4.69, 9.17) is 9.84 Å². The number of nitrogens with zero attached hydrogens (tertiary/aromatic N) is 3. The van der Waals surface area contributed by atoms with Gasteiger partial charge in [0, 0.05) is 6.54 Å². The highest BCUT2D eigenvalue weighted by atomic mass is 16.5. The normalized spacial score (nSPS) is 10.5. The number of carboxylic acids is 1. The van der Waals surface area contributed by atoms with Crippen LogP contribution < -0.4 is 4.74 Å². The van der Waals surface area contributed by atoms with Crippen LogP contribution in [0.25, 0.3) is 0 Å². The van der Waals surface area contributed by atoms with Crippen LogP contribution in [0.5, 0.6) is 5.75 Å². The standard InChI is InChI=1S/C14H17N3O3/c1-3-10-5-7-11(8-6-10)20-9-12-13(14(18)19)15-16-17(12)4-2/h5-8H,3-4,9H2,1-2H3,(H,18,19). The van der Waals surface area contributed by atoms with Crippen LogP contribution in [0.2, 0.25) is 0 Å². The second kappa shape index (κ2) is 6.18. The van der Waals surface area contributed by atoms with Crippen LogP contribution in [0.4, 0.5) is 0 Å². The Kier molecular flexibility index (Phi) is 4.34. The minimum atomic E-state index is -1.09. The van der Waals surface area contributed by atoms with Gasteiger partial charge in [0.1, 0.15) is 18.1 Å². The molecule has 0 spiro atoms. The Hall–Kier alpha value is -2.37. The van der Waals surface area contributed by atoms with E-state index in [0.29, 0.717) is 18.0 Å². The fourth-order valence-corrected chi connectivity index (χ4v) is 1.87. The van der Waals surface area contributed by atoms with Gasteiger partial charge in [-0.1, -0.05) is 24.3 Å².